The fraction of sp³-hybridized carbons (Fsp3) is 0.357. The average Bonchev–Trinajstić information content (AvgIpc) is 2.72. The van der Waals surface area contributed by atoms with Gasteiger partial charge in [0.05, 0.1) is 17.9 Å². The zero-order valence-electron chi connectivity index (χ0n) is 11.0. The molecule has 0 saturated carbocycles. The van der Waals surface area contributed by atoms with E-state index in [9.17, 15) is 4.39 Å². The van der Waals surface area contributed by atoms with Crippen LogP contribution in [0.25, 0.3) is 0 Å². The quantitative estimate of drug-likeness (QED) is 0.900. The van der Waals surface area contributed by atoms with Gasteiger partial charge < -0.3 is 5.32 Å². The second kappa shape index (κ2) is 5.21. The fourth-order valence-corrected chi connectivity index (χ4v) is 1.86. The van der Waals surface area contributed by atoms with Gasteiger partial charge in [-0.3, -0.25) is 4.68 Å². The number of hydrogen-bond acceptors (Lipinski definition) is 2. The van der Waals surface area contributed by atoms with E-state index < -0.39 is 0 Å². The summed E-state index contributed by atoms with van der Waals surface area (Å²) in [6.07, 6.45) is 0.934. The van der Waals surface area contributed by atoms with Crippen LogP contribution >= 0.6 is 0 Å². The summed E-state index contributed by atoms with van der Waals surface area (Å²) in [5.41, 5.74) is 3.78. The zero-order valence-corrected chi connectivity index (χ0v) is 11.0. The number of anilines is 1. The zero-order chi connectivity index (χ0) is 13.1. The number of benzene rings is 1. The summed E-state index contributed by atoms with van der Waals surface area (Å²) in [5.74, 6) is -0.172. The van der Waals surface area contributed by atoms with Gasteiger partial charge >= 0.3 is 0 Å². The number of nitrogens with one attached hydrogen (secondary N) is 1. The molecule has 0 aliphatic rings. The van der Waals surface area contributed by atoms with Crippen LogP contribution < -0.4 is 5.32 Å². The van der Waals surface area contributed by atoms with Crippen LogP contribution in [0.2, 0.25) is 0 Å². The third-order valence-electron chi connectivity index (χ3n) is 3.02. The molecule has 0 saturated heterocycles. The van der Waals surface area contributed by atoms with Crippen molar-refractivity contribution in [3.63, 3.8) is 0 Å². The number of rotatable bonds is 4. The normalized spacial score (nSPS) is 10.7. The van der Waals surface area contributed by atoms with Crippen LogP contribution in [-0.2, 0) is 20.0 Å². The van der Waals surface area contributed by atoms with Crippen LogP contribution in [0.1, 0.15) is 23.9 Å². The molecule has 96 valence electrons. The lowest BCUT2D eigenvalue weighted by Crippen LogP contribution is -2.05. The van der Waals surface area contributed by atoms with Gasteiger partial charge in [0.1, 0.15) is 5.82 Å². The minimum Gasteiger partial charge on any atom is -0.379 e. The molecule has 4 heteroatoms. The van der Waals surface area contributed by atoms with Crippen LogP contribution in [-0.4, -0.2) is 9.78 Å². The minimum absolute atomic E-state index is 0.172. The first-order valence-corrected chi connectivity index (χ1v) is 6.12. The van der Waals surface area contributed by atoms with Crippen molar-refractivity contribution in [1.29, 1.82) is 0 Å². The lowest BCUT2D eigenvalue weighted by molar-refractivity contribution is 0.618. The maximum Gasteiger partial charge on any atom is 0.126 e. The molecule has 1 heterocycles. The molecule has 2 aromatic rings. The van der Waals surface area contributed by atoms with Crippen LogP contribution in [0.15, 0.2) is 24.3 Å². The number of nitrogens with zero attached hydrogens (tertiary/aromatic N) is 2. The first kappa shape index (κ1) is 12.6. The van der Waals surface area contributed by atoms with Crippen molar-refractivity contribution < 1.29 is 4.39 Å². The van der Waals surface area contributed by atoms with Crippen molar-refractivity contribution in [2.45, 2.75) is 26.8 Å². The van der Waals surface area contributed by atoms with Gasteiger partial charge in [0.25, 0.3) is 0 Å². The molecule has 0 amide bonds. The molecule has 0 radical (unpaired) electrons. The maximum atomic E-state index is 13.1. The summed E-state index contributed by atoms with van der Waals surface area (Å²) >= 11 is 0. The Balaban J connectivity index is 2.06. The summed E-state index contributed by atoms with van der Waals surface area (Å²) in [4.78, 5) is 0. The third kappa shape index (κ3) is 2.70. The largest absolute Gasteiger partial charge is 0.379 e. The highest BCUT2D eigenvalue weighted by molar-refractivity contribution is 5.46. The monoisotopic (exact) mass is 247 g/mol. The smallest absolute Gasteiger partial charge is 0.126 e. The molecule has 3 nitrogen and oxygen atoms in total. The molecule has 1 aromatic carbocycles. The van der Waals surface area contributed by atoms with E-state index in [-0.39, 0.29) is 5.82 Å². The molecule has 0 spiro atoms. The molecule has 0 unspecified atom stereocenters. The Morgan fingerprint density at radius 3 is 2.72 bits per heavy atom. The van der Waals surface area contributed by atoms with E-state index in [1.54, 1.807) is 13.0 Å². The Labute approximate surface area is 107 Å². The van der Waals surface area contributed by atoms with E-state index in [1.807, 2.05) is 17.8 Å². The summed E-state index contributed by atoms with van der Waals surface area (Å²) in [5, 5.41) is 7.67. The van der Waals surface area contributed by atoms with Gasteiger partial charge in [0.2, 0.25) is 0 Å². The van der Waals surface area contributed by atoms with Gasteiger partial charge in [-0.15, -0.1) is 0 Å². The van der Waals surface area contributed by atoms with Crippen molar-refractivity contribution in [2.75, 3.05) is 5.32 Å². The second-order valence-electron chi connectivity index (χ2n) is 4.42. The molecule has 0 atom stereocenters. The van der Waals surface area contributed by atoms with E-state index in [0.717, 1.165) is 23.5 Å². The van der Waals surface area contributed by atoms with Crippen molar-refractivity contribution >= 4 is 5.69 Å². The molecule has 0 fully saturated rings. The average molecular weight is 247 g/mol. The van der Waals surface area contributed by atoms with E-state index in [2.05, 4.69) is 23.4 Å². The SMILES string of the molecule is CCc1cc(CNc2ccc(F)c(C)c2)n(C)n1. The van der Waals surface area contributed by atoms with Crippen LogP contribution in [0.5, 0.6) is 0 Å². The van der Waals surface area contributed by atoms with Crippen molar-refractivity contribution in [2.24, 2.45) is 7.05 Å². The lowest BCUT2D eigenvalue weighted by atomic mass is 10.2. The Morgan fingerprint density at radius 1 is 1.33 bits per heavy atom. The molecule has 1 aromatic heterocycles. The van der Waals surface area contributed by atoms with Crippen molar-refractivity contribution in [3.05, 3.63) is 47.0 Å². The van der Waals surface area contributed by atoms with Crippen molar-refractivity contribution in [1.82, 2.24) is 9.78 Å². The van der Waals surface area contributed by atoms with Gasteiger partial charge in [0.15, 0.2) is 0 Å². The van der Waals surface area contributed by atoms with Gasteiger partial charge in [-0.05, 0) is 43.2 Å². The molecule has 0 bridgehead atoms. The van der Waals surface area contributed by atoms with Gasteiger partial charge in [0, 0.05) is 12.7 Å². The molecule has 18 heavy (non-hydrogen) atoms. The fourth-order valence-electron chi connectivity index (χ4n) is 1.86. The topological polar surface area (TPSA) is 29.9 Å². The van der Waals surface area contributed by atoms with E-state index in [0.29, 0.717) is 12.1 Å². The molecular formula is C14H18FN3. The Bertz CT molecular complexity index is 546. The summed E-state index contributed by atoms with van der Waals surface area (Å²) < 4.78 is 15.0. The first-order chi connectivity index (χ1) is 8.60. The third-order valence-corrected chi connectivity index (χ3v) is 3.02. The van der Waals surface area contributed by atoms with Gasteiger partial charge in [-0.2, -0.15) is 5.10 Å². The second-order valence-corrected chi connectivity index (χ2v) is 4.42. The predicted molar refractivity (Wildman–Crippen MR) is 71.0 cm³/mol. The minimum atomic E-state index is -0.172. The molecule has 2 rings (SSSR count). The highest BCUT2D eigenvalue weighted by atomic mass is 19.1. The standard InChI is InChI=1S/C14H18FN3/c1-4-11-8-13(18(3)17-11)9-16-12-5-6-14(15)10(2)7-12/h5-8,16H,4,9H2,1-3H3. The van der Waals surface area contributed by atoms with Gasteiger partial charge in [-0.1, -0.05) is 6.92 Å². The molecular weight excluding hydrogens is 229 g/mol. The van der Waals surface area contributed by atoms with E-state index >= 15 is 0 Å². The Kier molecular flexibility index (Phi) is 3.65. The van der Waals surface area contributed by atoms with Crippen molar-refractivity contribution in [3.8, 4) is 0 Å². The number of aryl methyl sites for hydroxylation is 3. The highest BCUT2D eigenvalue weighted by Gasteiger charge is 2.04. The maximum absolute atomic E-state index is 13.1. The lowest BCUT2D eigenvalue weighted by Gasteiger charge is -2.07. The predicted octanol–water partition coefficient (Wildman–Crippen LogP) is 3.04. The Morgan fingerprint density at radius 2 is 2.11 bits per heavy atom. The van der Waals surface area contributed by atoms with Crippen LogP contribution in [0, 0.1) is 12.7 Å². The number of aromatic nitrogens is 2. The molecule has 0 aliphatic heterocycles. The van der Waals surface area contributed by atoms with Crippen LogP contribution in [0.3, 0.4) is 0 Å². The number of hydrogen-bond donors (Lipinski definition) is 1. The van der Waals surface area contributed by atoms with E-state index in [1.165, 1.54) is 6.07 Å². The summed E-state index contributed by atoms with van der Waals surface area (Å²) in [6, 6.07) is 7.13. The van der Waals surface area contributed by atoms with Gasteiger partial charge in [-0.25, -0.2) is 4.39 Å². The summed E-state index contributed by atoms with van der Waals surface area (Å²) in [6.45, 7) is 4.54. The summed E-state index contributed by atoms with van der Waals surface area (Å²) in [7, 11) is 1.94. The number of halogens is 1. The molecule has 1 N–H and O–H groups in total. The van der Waals surface area contributed by atoms with Crippen LogP contribution in [0.4, 0.5) is 10.1 Å². The highest BCUT2D eigenvalue weighted by Crippen LogP contribution is 2.15. The van der Waals surface area contributed by atoms with E-state index in [4.69, 9.17) is 0 Å². The molecule has 0 aliphatic carbocycles. The first-order valence-electron chi connectivity index (χ1n) is 6.12. The Hall–Kier alpha value is -1.84.